The molecule has 0 aliphatic carbocycles. The molecule has 1 rings (SSSR count). The first-order valence-electron chi connectivity index (χ1n) is 7.33. The molecule has 1 aliphatic heterocycles. The summed E-state index contributed by atoms with van der Waals surface area (Å²) >= 11 is 0. The molecule has 0 saturated carbocycles. The molecule has 0 N–H and O–H groups in total. The number of carbonyl (C=O) groups is 1. The summed E-state index contributed by atoms with van der Waals surface area (Å²) in [5.41, 5.74) is 0. The fourth-order valence-corrected chi connectivity index (χ4v) is 2.82. The Morgan fingerprint density at radius 1 is 1.44 bits per heavy atom. The second-order valence-corrected chi connectivity index (χ2v) is 5.80. The predicted octanol–water partition coefficient (Wildman–Crippen LogP) is 3.08. The molecule has 3 heteroatoms. The molecule has 0 aromatic rings. The Morgan fingerprint density at radius 3 is 2.56 bits per heavy atom. The highest BCUT2D eigenvalue weighted by Crippen LogP contribution is 2.25. The number of likely N-dealkylation sites (tertiary alicyclic amines) is 1. The molecular weight excluding hydrogens is 226 g/mol. The first-order chi connectivity index (χ1) is 8.51. The van der Waals surface area contributed by atoms with Gasteiger partial charge in [0.05, 0.1) is 12.5 Å². The molecule has 106 valence electrons. The minimum atomic E-state index is 0.0558. The summed E-state index contributed by atoms with van der Waals surface area (Å²) in [6, 6.07) is 0.411. The normalized spacial score (nSPS) is 24.9. The lowest BCUT2D eigenvalue weighted by atomic mass is 9.87. The van der Waals surface area contributed by atoms with E-state index in [1.165, 1.54) is 0 Å². The van der Waals surface area contributed by atoms with Crippen molar-refractivity contribution in [1.82, 2.24) is 4.90 Å². The molecule has 1 amide bonds. The van der Waals surface area contributed by atoms with Gasteiger partial charge in [-0.05, 0) is 31.6 Å². The summed E-state index contributed by atoms with van der Waals surface area (Å²) in [4.78, 5) is 14.3. The van der Waals surface area contributed by atoms with E-state index in [4.69, 9.17) is 4.74 Å². The molecule has 3 nitrogen and oxygen atoms in total. The van der Waals surface area contributed by atoms with Gasteiger partial charge in [0.1, 0.15) is 0 Å². The number of methoxy groups -OCH3 is 1. The van der Waals surface area contributed by atoms with Gasteiger partial charge in [-0.1, -0.05) is 27.2 Å². The Hall–Kier alpha value is -0.570. The zero-order valence-corrected chi connectivity index (χ0v) is 12.6. The van der Waals surface area contributed by atoms with Crippen LogP contribution in [0.3, 0.4) is 0 Å². The molecule has 1 fully saturated rings. The standard InChI is InChI=1S/C15H29NO2/c1-6-11(2)13(4)14(18-5)10-15(17)16-9-7-8-12(16)3/h11-14H,6-10H2,1-5H3. The third-order valence-electron chi connectivity index (χ3n) is 4.68. The first-order valence-corrected chi connectivity index (χ1v) is 7.33. The molecular formula is C15H29NO2. The third-order valence-corrected chi connectivity index (χ3v) is 4.68. The maximum absolute atomic E-state index is 12.3. The van der Waals surface area contributed by atoms with Crippen LogP contribution in [0.4, 0.5) is 0 Å². The largest absolute Gasteiger partial charge is 0.381 e. The molecule has 0 aromatic carbocycles. The van der Waals surface area contributed by atoms with Gasteiger partial charge in [-0.25, -0.2) is 0 Å². The maximum atomic E-state index is 12.3. The van der Waals surface area contributed by atoms with Gasteiger partial charge >= 0.3 is 0 Å². The molecule has 0 bridgehead atoms. The average Bonchev–Trinajstić information content (AvgIpc) is 2.80. The monoisotopic (exact) mass is 255 g/mol. The summed E-state index contributed by atoms with van der Waals surface area (Å²) in [6.07, 6.45) is 4.01. The summed E-state index contributed by atoms with van der Waals surface area (Å²) < 4.78 is 5.55. The quantitative estimate of drug-likeness (QED) is 0.730. The zero-order chi connectivity index (χ0) is 13.7. The van der Waals surface area contributed by atoms with Gasteiger partial charge in [-0.15, -0.1) is 0 Å². The Bertz CT molecular complexity index is 267. The number of carbonyl (C=O) groups excluding carboxylic acids is 1. The molecule has 18 heavy (non-hydrogen) atoms. The van der Waals surface area contributed by atoms with Crippen LogP contribution in [0.2, 0.25) is 0 Å². The highest BCUT2D eigenvalue weighted by atomic mass is 16.5. The number of hydrogen-bond donors (Lipinski definition) is 0. The lowest BCUT2D eigenvalue weighted by molar-refractivity contribution is -0.135. The second kappa shape index (κ2) is 7.13. The summed E-state index contributed by atoms with van der Waals surface area (Å²) in [5.74, 6) is 1.29. The van der Waals surface area contributed by atoms with Crippen molar-refractivity contribution in [2.45, 2.75) is 65.5 Å². The van der Waals surface area contributed by atoms with Crippen molar-refractivity contribution in [3.63, 3.8) is 0 Å². The van der Waals surface area contributed by atoms with E-state index in [0.29, 0.717) is 24.3 Å². The predicted molar refractivity (Wildman–Crippen MR) is 74.4 cm³/mol. The Balaban J connectivity index is 2.54. The topological polar surface area (TPSA) is 29.5 Å². The Labute approximate surface area is 112 Å². The van der Waals surface area contributed by atoms with E-state index in [-0.39, 0.29) is 12.0 Å². The second-order valence-electron chi connectivity index (χ2n) is 5.80. The smallest absolute Gasteiger partial charge is 0.225 e. The molecule has 1 aliphatic rings. The van der Waals surface area contributed by atoms with Crippen LogP contribution >= 0.6 is 0 Å². The SMILES string of the molecule is CCC(C)C(C)C(CC(=O)N1CCCC1C)OC. The van der Waals surface area contributed by atoms with Crippen LogP contribution in [-0.4, -0.2) is 36.6 Å². The highest BCUT2D eigenvalue weighted by molar-refractivity contribution is 5.77. The van der Waals surface area contributed by atoms with E-state index in [1.807, 2.05) is 4.90 Å². The van der Waals surface area contributed by atoms with Gasteiger partial charge in [0, 0.05) is 19.7 Å². The van der Waals surface area contributed by atoms with E-state index >= 15 is 0 Å². The van der Waals surface area contributed by atoms with Crippen molar-refractivity contribution in [1.29, 1.82) is 0 Å². The van der Waals surface area contributed by atoms with Gasteiger partial charge in [0.2, 0.25) is 5.91 Å². The van der Waals surface area contributed by atoms with Gasteiger partial charge in [0.15, 0.2) is 0 Å². The molecule has 0 radical (unpaired) electrons. The number of hydrogen-bond acceptors (Lipinski definition) is 2. The number of ether oxygens (including phenoxy) is 1. The fourth-order valence-electron chi connectivity index (χ4n) is 2.82. The van der Waals surface area contributed by atoms with Crippen molar-refractivity contribution >= 4 is 5.91 Å². The third kappa shape index (κ3) is 3.71. The maximum Gasteiger partial charge on any atom is 0.225 e. The van der Waals surface area contributed by atoms with Gasteiger partial charge < -0.3 is 9.64 Å². The van der Waals surface area contributed by atoms with Crippen molar-refractivity contribution in [3.8, 4) is 0 Å². The molecule has 4 atom stereocenters. The molecule has 0 aromatic heterocycles. The van der Waals surface area contributed by atoms with Gasteiger partial charge in [-0.3, -0.25) is 4.79 Å². The van der Waals surface area contributed by atoms with E-state index in [1.54, 1.807) is 7.11 Å². The van der Waals surface area contributed by atoms with Crippen molar-refractivity contribution in [2.75, 3.05) is 13.7 Å². The minimum absolute atomic E-state index is 0.0558. The van der Waals surface area contributed by atoms with Crippen LogP contribution in [0.5, 0.6) is 0 Å². The van der Waals surface area contributed by atoms with Crippen molar-refractivity contribution < 1.29 is 9.53 Å². The lowest BCUT2D eigenvalue weighted by Crippen LogP contribution is -2.38. The fraction of sp³-hybridized carbons (Fsp3) is 0.933. The number of rotatable bonds is 6. The van der Waals surface area contributed by atoms with Crippen LogP contribution in [0.25, 0.3) is 0 Å². The summed E-state index contributed by atoms with van der Waals surface area (Å²) in [5, 5.41) is 0. The van der Waals surface area contributed by atoms with Crippen LogP contribution in [-0.2, 0) is 9.53 Å². The zero-order valence-electron chi connectivity index (χ0n) is 12.6. The Morgan fingerprint density at radius 2 is 2.11 bits per heavy atom. The van der Waals surface area contributed by atoms with Crippen LogP contribution in [0.15, 0.2) is 0 Å². The summed E-state index contributed by atoms with van der Waals surface area (Å²) in [7, 11) is 1.73. The van der Waals surface area contributed by atoms with Gasteiger partial charge in [0.25, 0.3) is 0 Å². The first kappa shape index (κ1) is 15.5. The molecule has 1 heterocycles. The molecule has 4 unspecified atom stereocenters. The van der Waals surface area contributed by atoms with Crippen LogP contribution < -0.4 is 0 Å². The van der Waals surface area contributed by atoms with Crippen molar-refractivity contribution in [2.24, 2.45) is 11.8 Å². The highest BCUT2D eigenvalue weighted by Gasteiger charge is 2.30. The van der Waals surface area contributed by atoms with E-state index < -0.39 is 0 Å². The summed E-state index contributed by atoms with van der Waals surface area (Å²) in [6.45, 7) is 9.69. The van der Waals surface area contributed by atoms with Gasteiger partial charge in [-0.2, -0.15) is 0 Å². The van der Waals surface area contributed by atoms with E-state index in [9.17, 15) is 4.79 Å². The lowest BCUT2D eigenvalue weighted by Gasteiger charge is -2.29. The Kier molecular flexibility index (Phi) is 6.13. The van der Waals surface area contributed by atoms with E-state index in [2.05, 4.69) is 27.7 Å². The molecule has 1 saturated heterocycles. The number of nitrogens with zero attached hydrogens (tertiary/aromatic N) is 1. The number of amides is 1. The minimum Gasteiger partial charge on any atom is -0.381 e. The van der Waals surface area contributed by atoms with E-state index in [0.717, 1.165) is 25.8 Å². The average molecular weight is 255 g/mol. The van der Waals surface area contributed by atoms with Crippen molar-refractivity contribution in [3.05, 3.63) is 0 Å². The van der Waals surface area contributed by atoms with Crippen LogP contribution in [0.1, 0.15) is 53.4 Å². The molecule has 0 spiro atoms. The van der Waals surface area contributed by atoms with Crippen LogP contribution in [0, 0.1) is 11.8 Å².